The van der Waals surface area contributed by atoms with Crippen molar-refractivity contribution in [1.29, 1.82) is 0 Å². The van der Waals surface area contributed by atoms with Gasteiger partial charge in [0.2, 0.25) is 0 Å². The van der Waals surface area contributed by atoms with Gasteiger partial charge in [-0.1, -0.05) is 23.2 Å². The molecular weight excluding hydrogens is 359 g/mol. The number of halogens is 2. The summed E-state index contributed by atoms with van der Waals surface area (Å²) in [5.74, 6) is 0.363. The Bertz CT molecular complexity index is 942. The molecule has 0 fully saturated rings. The molecule has 0 atom stereocenters. The molecule has 3 rings (SSSR count). The molecule has 7 heteroatoms. The van der Waals surface area contributed by atoms with Gasteiger partial charge in [-0.3, -0.25) is 4.79 Å². The highest BCUT2D eigenvalue weighted by Crippen LogP contribution is 2.29. The number of hydrogen-bond donors (Lipinski definition) is 2. The van der Waals surface area contributed by atoms with Crippen LogP contribution in [0, 0.1) is 6.92 Å². The van der Waals surface area contributed by atoms with Crippen molar-refractivity contribution in [3.05, 3.63) is 70.0 Å². The van der Waals surface area contributed by atoms with E-state index in [-0.39, 0.29) is 5.91 Å². The van der Waals surface area contributed by atoms with Crippen molar-refractivity contribution in [3.63, 3.8) is 0 Å². The smallest absolute Gasteiger partial charge is 0.256 e. The summed E-state index contributed by atoms with van der Waals surface area (Å²) in [7, 11) is 0. The van der Waals surface area contributed by atoms with Gasteiger partial charge in [-0.15, -0.1) is 0 Å². The van der Waals surface area contributed by atoms with E-state index in [1.165, 1.54) is 0 Å². The first-order valence-electron chi connectivity index (χ1n) is 7.40. The molecule has 0 radical (unpaired) electrons. The van der Waals surface area contributed by atoms with Crippen molar-refractivity contribution in [3.8, 4) is 11.1 Å². The number of aromatic nitrogens is 2. The summed E-state index contributed by atoms with van der Waals surface area (Å²) in [4.78, 5) is 20.6. The maximum Gasteiger partial charge on any atom is 0.256 e. The van der Waals surface area contributed by atoms with Crippen LogP contribution in [0.25, 0.3) is 11.1 Å². The Morgan fingerprint density at radius 2 is 1.80 bits per heavy atom. The topological polar surface area (TPSA) is 80.9 Å². The zero-order valence-corrected chi connectivity index (χ0v) is 14.8. The van der Waals surface area contributed by atoms with Gasteiger partial charge in [-0.2, -0.15) is 0 Å². The van der Waals surface area contributed by atoms with E-state index in [9.17, 15) is 4.79 Å². The summed E-state index contributed by atoms with van der Waals surface area (Å²) in [5.41, 5.74) is 9.03. The van der Waals surface area contributed by atoms with Crippen LogP contribution in [0.3, 0.4) is 0 Å². The Labute approximate surface area is 154 Å². The molecule has 0 aliphatic carbocycles. The largest absolute Gasteiger partial charge is 0.383 e. The van der Waals surface area contributed by atoms with Crippen LogP contribution in [0.5, 0.6) is 0 Å². The Morgan fingerprint density at radius 1 is 1.08 bits per heavy atom. The Balaban J connectivity index is 1.84. The fraction of sp³-hybridized carbons (Fsp3) is 0.0556. The maximum atomic E-state index is 12.2. The van der Waals surface area contributed by atoms with Crippen molar-refractivity contribution in [2.45, 2.75) is 6.92 Å². The summed E-state index contributed by atoms with van der Waals surface area (Å²) >= 11 is 11.7. The average Bonchev–Trinajstić information content (AvgIpc) is 2.56. The predicted octanol–water partition coefficient (Wildman–Crippen LogP) is 4.59. The first kappa shape index (κ1) is 17.2. The van der Waals surface area contributed by atoms with Crippen LogP contribution < -0.4 is 11.1 Å². The average molecular weight is 373 g/mol. The van der Waals surface area contributed by atoms with Gasteiger partial charge in [-0.05, 0) is 55.0 Å². The first-order valence-corrected chi connectivity index (χ1v) is 8.15. The van der Waals surface area contributed by atoms with E-state index in [1.54, 1.807) is 48.7 Å². The van der Waals surface area contributed by atoms with Gasteiger partial charge in [0.1, 0.15) is 16.8 Å². The molecule has 3 aromatic rings. The summed E-state index contributed by atoms with van der Waals surface area (Å²) in [5, 5.41) is 3.69. The molecule has 0 unspecified atom stereocenters. The van der Waals surface area contributed by atoms with Crippen LogP contribution in [0.4, 0.5) is 11.6 Å². The van der Waals surface area contributed by atoms with E-state index in [0.717, 1.165) is 16.7 Å². The summed E-state index contributed by atoms with van der Waals surface area (Å²) in [6.07, 6.45) is 1.65. The number of pyridine rings is 2. The first-order chi connectivity index (χ1) is 11.9. The molecule has 0 aliphatic heterocycles. The third-order valence-corrected chi connectivity index (χ3v) is 4.10. The fourth-order valence-electron chi connectivity index (χ4n) is 2.37. The maximum absolute atomic E-state index is 12.2. The molecule has 25 heavy (non-hydrogen) atoms. The second-order valence-electron chi connectivity index (χ2n) is 5.41. The quantitative estimate of drug-likeness (QED) is 0.658. The zero-order valence-electron chi connectivity index (χ0n) is 13.3. The third kappa shape index (κ3) is 3.90. The molecule has 0 aliphatic rings. The molecule has 2 heterocycles. The molecular formula is C18H14Cl2N4O. The van der Waals surface area contributed by atoms with Gasteiger partial charge in [0, 0.05) is 27.9 Å². The van der Waals surface area contributed by atoms with Crippen molar-refractivity contribution in [2.75, 3.05) is 11.1 Å². The molecule has 0 bridgehead atoms. The molecule has 0 saturated carbocycles. The lowest BCUT2D eigenvalue weighted by molar-refractivity contribution is 0.102. The number of anilines is 2. The lowest BCUT2D eigenvalue weighted by atomic mass is 10.0. The second-order valence-corrected chi connectivity index (χ2v) is 6.24. The van der Waals surface area contributed by atoms with E-state index in [4.69, 9.17) is 28.9 Å². The lowest BCUT2D eigenvalue weighted by Crippen LogP contribution is -2.13. The zero-order chi connectivity index (χ0) is 18.0. The number of amides is 1. The number of nitrogen functional groups attached to an aromatic ring is 1. The van der Waals surface area contributed by atoms with Crippen LogP contribution in [0.15, 0.2) is 48.7 Å². The minimum absolute atomic E-state index is 0.291. The van der Waals surface area contributed by atoms with Gasteiger partial charge >= 0.3 is 0 Å². The van der Waals surface area contributed by atoms with E-state index >= 15 is 0 Å². The number of benzene rings is 1. The van der Waals surface area contributed by atoms with Gasteiger partial charge in [-0.25, -0.2) is 9.97 Å². The molecule has 2 aromatic heterocycles. The summed E-state index contributed by atoms with van der Waals surface area (Å²) < 4.78 is 0. The number of aryl methyl sites for hydroxylation is 1. The summed E-state index contributed by atoms with van der Waals surface area (Å²) in [6.45, 7) is 1.92. The predicted molar refractivity (Wildman–Crippen MR) is 101 cm³/mol. The van der Waals surface area contributed by atoms with Crippen molar-refractivity contribution < 1.29 is 4.79 Å². The van der Waals surface area contributed by atoms with E-state index in [2.05, 4.69) is 15.3 Å². The van der Waals surface area contributed by atoms with E-state index in [1.807, 2.05) is 6.92 Å². The van der Waals surface area contributed by atoms with Crippen molar-refractivity contribution >= 4 is 40.7 Å². The van der Waals surface area contributed by atoms with E-state index in [0.29, 0.717) is 27.4 Å². The lowest BCUT2D eigenvalue weighted by Gasteiger charge is -2.11. The Hall–Kier alpha value is -2.63. The molecule has 0 saturated heterocycles. The van der Waals surface area contributed by atoms with Gasteiger partial charge in [0.25, 0.3) is 5.91 Å². The van der Waals surface area contributed by atoms with Crippen molar-refractivity contribution in [2.24, 2.45) is 0 Å². The molecule has 5 nitrogen and oxygen atoms in total. The van der Waals surface area contributed by atoms with Crippen LogP contribution in [0.1, 0.15) is 15.9 Å². The number of nitrogens with zero attached hydrogens (tertiary/aromatic N) is 2. The molecule has 1 amide bonds. The minimum Gasteiger partial charge on any atom is -0.383 e. The molecule has 0 spiro atoms. The number of nitrogens with two attached hydrogens (primary N) is 1. The van der Waals surface area contributed by atoms with Gasteiger partial charge in [0.15, 0.2) is 0 Å². The minimum atomic E-state index is -0.291. The Morgan fingerprint density at radius 3 is 2.44 bits per heavy atom. The molecule has 126 valence electrons. The number of nitrogens with one attached hydrogen (secondary N) is 1. The highest BCUT2D eigenvalue weighted by atomic mass is 35.5. The van der Waals surface area contributed by atoms with Crippen LogP contribution in [-0.4, -0.2) is 15.9 Å². The van der Waals surface area contributed by atoms with Gasteiger partial charge in [0.05, 0.1) is 0 Å². The number of rotatable bonds is 3. The normalized spacial score (nSPS) is 10.5. The van der Waals surface area contributed by atoms with Gasteiger partial charge < -0.3 is 11.1 Å². The third-order valence-electron chi connectivity index (χ3n) is 3.64. The molecule has 3 N–H and O–H groups in total. The summed E-state index contributed by atoms with van der Waals surface area (Å²) in [6, 6.07) is 11.8. The van der Waals surface area contributed by atoms with Crippen LogP contribution in [-0.2, 0) is 0 Å². The monoisotopic (exact) mass is 372 g/mol. The number of hydrogen-bond acceptors (Lipinski definition) is 4. The van der Waals surface area contributed by atoms with Crippen molar-refractivity contribution in [1.82, 2.24) is 9.97 Å². The fourth-order valence-corrected chi connectivity index (χ4v) is 2.70. The second kappa shape index (κ2) is 7.09. The number of carbonyl (C=O) groups is 1. The van der Waals surface area contributed by atoms with Crippen LogP contribution in [0.2, 0.25) is 10.2 Å². The SMILES string of the molecule is Cc1cc(Cl)ncc1-c1ccc(NC(=O)c2ccc(Cl)cc2)nc1N. The Kier molecular flexibility index (Phi) is 4.88. The highest BCUT2D eigenvalue weighted by Gasteiger charge is 2.11. The number of carbonyl (C=O) groups excluding carboxylic acids is 1. The van der Waals surface area contributed by atoms with Crippen LogP contribution >= 0.6 is 23.2 Å². The highest BCUT2D eigenvalue weighted by molar-refractivity contribution is 6.30. The standard InChI is InChI=1S/C18H14Cl2N4O/c1-10-8-15(20)22-9-14(10)13-6-7-16(23-17(13)21)24-18(25)11-2-4-12(19)5-3-11/h2-9H,1H3,(H3,21,23,24,25). The van der Waals surface area contributed by atoms with E-state index < -0.39 is 0 Å². The molecule has 1 aromatic carbocycles.